The van der Waals surface area contributed by atoms with E-state index in [0.29, 0.717) is 11.9 Å². The largest absolute Gasteiger partial charge is 0.459 e. The SMILES string of the molecule is CC(C)(C)Oc1ccc([I+]c2ccc(OC(C)(C)C)o2)o1. The molecule has 0 aromatic carbocycles. The zero-order chi connectivity index (χ0) is 15.7. The Labute approximate surface area is 136 Å². The highest BCUT2D eigenvalue weighted by atomic mass is 127. The van der Waals surface area contributed by atoms with Crippen molar-refractivity contribution in [3.05, 3.63) is 31.8 Å². The minimum atomic E-state index is -0.509. The number of rotatable bonds is 4. The van der Waals surface area contributed by atoms with Gasteiger partial charge in [0, 0.05) is 24.3 Å². The second kappa shape index (κ2) is 5.94. The first kappa shape index (κ1) is 16.3. The molecule has 2 heterocycles. The van der Waals surface area contributed by atoms with Gasteiger partial charge in [-0.1, -0.05) is 0 Å². The third-order valence-corrected chi connectivity index (χ3v) is 4.32. The van der Waals surface area contributed by atoms with E-state index in [1.807, 2.05) is 65.8 Å². The summed E-state index contributed by atoms with van der Waals surface area (Å²) in [5.41, 5.74) is -0.516. The lowest BCUT2D eigenvalue weighted by Gasteiger charge is -2.18. The average molecular weight is 405 g/mol. The Balaban J connectivity index is 1.99. The van der Waals surface area contributed by atoms with Gasteiger partial charge in [-0.15, -0.1) is 0 Å². The van der Waals surface area contributed by atoms with Gasteiger partial charge in [0.2, 0.25) is 0 Å². The lowest BCUT2D eigenvalue weighted by Crippen LogP contribution is -3.61. The third-order valence-electron chi connectivity index (χ3n) is 2.10. The lowest BCUT2D eigenvalue weighted by atomic mass is 10.2. The van der Waals surface area contributed by atoms with Gasteiger partial charge in [-0.2, -0.15) is 0 Å². The number of furan rings is 2. The summed E-state index contributed by atoms with van der Waals surface area (Å²) in [6.45, 7) is 12.0. The van der Waals surface area contributed by atoms with E-state index in [-0.39, 0.29) is 11.2 Å². The van der Waals surface area contributed by atoms with Gasteiger partial charge in [0.15, 0.2) is 0 Å². The first-order valence-corrected chi connectivity index (χ1v) is 8.99. The molecule has 0 atom stereocenters. The summed E-state index contributed by atoms with van der Waals surface area (Å²) in [6, 6.07) is 7.61. The van der Waals surface area contributed by atoms with E-state index >= 15 is 0 Å². The van der Waals surface area contributed by atoms with Gasteiger partial charge in [-0.3, -0.25) is 0 Å². The topological polar surface area (TPSA) is 44.7 Å². The standard InChI is InChI=1S/C16H22IO4/c1-15(2,3)20-13-9-7-11(18-13)17-12-8-10-14(19-12)21-16(4,5)6/h7-10H,1-6H3/q+1. The highest BCUT2D eigenvalue weighted by Crippen LogP contribution is 2.19. The van der Waals surface area contributed by atoms with Crippen LogP contribution in [0.3, 0.4) is 0 Å². The Hall–Kier alpha value is -1.11. The molecule has 2 aromatic heterocycles. The Morgan fingerprint density at radius 3 is 1.43 bits per heavy atom. The Morgan fingerprint density at radius 1 is 0.714 bits per heavy atom. The summed E-state index contributed by atoms with van der Waals surface area (Å²) in [4.78, 5) is 0. The van der Waals surface area contributed by atoms with Crippen molar-refractivity contribution in [3.63, 3.8) is 0 Å². The zero-order valence-electron chi connectivity index (χ0n) is 13.3. The van der Waals surface area contributed by atoms with E-state index in [0.717, 1.165) is 7.53 Å². The van der Waals surface area contributed by atoms with Gasteiger partial charge in [-0.05, 0) is 41.5 Å². The number of hydrogen-bond donors (Lipinski definition) is 0. The van der Waals surface area contributed by atoms with Crippen LogP contribution in [0.15, 0.2) is 33.1 Å². The molecule has 0 fully saturated rings. The molecule has 0 bridgehead atoms. The van der Waals surface area contributed by atoms with E-state index in [1.54, 1.807) is 0 Å². The molecule has 5 heteroatoms. The predicted octanol–water partition coefficient (Wildman–Crippen LogP) is 1.36. The highest BCUT2D eigenvalue weighted by molar-refractivity contribution is 5.07. The molecule has 0 saturated carbocycles. The molecule has 2 aromatic rings. The molecular weight excluding hydrogens is 383 g/mol. The normalized spacial score (nSPS) is 12.5. The van der Waals surface area contributed by atoms with Crippen molar-refractivity contribution in [2.24, 2.45) is 0 Å². The summed E-state index contributed by atoms with van der Waals surface area (Å²) in [5.74, 6) is 1.10. The maximum Gasteiger partial charge on any atom is 0.443 e. The number of halogens is 1. The van der Waals surface area contributed by atoms with Gasteiger partial charge in [0.1, 0.15) is 11.2 Å². The molecule has 0 saturated heterocycles. The van der Waals surface area contributed by atoms with Crippen molar-refractivity contribution in [2.75, 3.05) is 0 Å². The van der Waals surface area contributed by atoms with Crippen LogP contribution in [0.5, 0.6) is 11.9 Å². The smallest absolute Gasteiger partial charge is 0.443 e. The number of ether oxygens (including phenoxy) is 2. The van der Waals surface area contributed by atoms with Crippen LogP contribution in [0.4, 0.5) is 0 Å². The Bertz CT molecular complexity index is 532. The summed E-state index contributed by atoms with van der Waals surface area (Å²) >= 11 is -0.509. The second-order valence-electron chi connectivity index (χ2n) is 6.64. The molecule has 0 aliphatic rings. The van der Waals surface area contributed by atoms with Crippen LogP contribution < -0.4 is 30.7 Å². The molecule has 0 unspecified atom stereocenters. The Morgan fingerprint density at radius 2 is 1.10 bits per heavy atom. The fourth-order valence-corrected chi connectivity index (χ4v) is 3.40. The third kappa shape index (κ3) is 5.65. The molecule has 2 rings (SSSR count). The predicted molar refractivity (Wildman–Crippen MR) is 75.6 cm³/mol. The van der Waals surface area contributed by atoms with Crippen LogP contribution >= 0.6 is 0 Å². The molecule has 0 radical (unpaired) electrons. The molecular formula is C16H22IO4+. The zero-order valence-corrected chi connectivity index (χ0v) is 15.5. The van der Waals surface area contributed by atoms with E-state index in [9.17, 15) is 0 Å². The van der Waals surface area contributed by atoms with Gasteiger partial charge in [0.05, 0.1) is 0 Å². The molecule has 0 aliphatic carbocycles. The van der Waals surface area contributed by atoms with Crippen molar-refractivity contribution >= 4 is 0 Å². The van der Waals surface area contributed by atoms with Crippen LogP contribution in [0.2, 0.25) is 0 Å². The van der Waals surface area contributed by atoms with Gasteiger partial charge in [0.25, 0.3) is 11.9 Å². The first-order chi connectivity index (χ1) is 9.61. The molecule has 0 N–H and O–H groups in total. The van der Waals surface area contributed by atoms with E-state index in [2.05, 4.69) is 0 Å². The maximum absolute atomic E-state index is 5.70. The lowest BCUT2D eigenvalue weighted by molar-refractivity contribution is -0.636. The van der Waals surface area contributed by atoms with Crippen molar-refractivity contribution in [2.45, 2.75) is 52.7 Å². The molecule has 0 spiro atoms. The highest BCUT2D eigenvalue weighted by Gasteiger charge is 2.27. The molecule has 0 amide bonds. The molecule has 0 aliphatic heterocycles. The summed E-state index contributed by atoms with van der Waals surface area (Å²) in [7, 11) is 0. The van der Waals surface area contributed by atoms with Gasteiger partial charge >= 0.3 is 28.7 Å². The maximum atomic E-state index is 5.70. The van der Waals surface area contributed by atoms with E-state index < -0.39 is 21.2 Å². The van der Waals surface area contributed by atoms with Gasteiger partial charge < -0.3 is 18.3 Å². The second-order valence-corrected chi connectivity index (χ2v) is 9.31. The molecule has 116 valence electrons. The molecule has 21 heavy (non-hydrogen) atoms. The van der Waals surface area contributed by atoms with Crippen molar-refractivity contribution in [3.8, 4) is 11.9 Å². The fraction of sp³-hybridized carbons (Fsp3) is 0.500. The van der Waals surface area contributed by atoms with Gasteiger partial charge in [-0.25, -0.2) is 0 Å². The summed E-state index contributed by atoms with van der Waals surface area (Å²) in [6.07, 6.45) is 0. The van der Waals surface area contributed by atoms with Crippen LogP contribution in [0.25, 0.3) is 0 Å². The number of hydrogen-bond acceptors (Lipinski definition) is 4. The van der Waals surface area contributed by atoms with Crippen LogP contribution in [-0.4, -0.2) is 11.2 Å². The first-order valence-electron chi connectivity index (χ1n) is 6.83. The van der Waals surface area contributed by atoms with Crippen molar-refractivity contribution in [1.82, 2.24) is 0 Å². The average Bonchev–Trinajstić information content (AvgIpc) is 2.85. The minimum absolute atomic E-state index is 0.258. The Kier molecular flexibility index (Phi) is 4.60. The monoisotopic (exact) mass is 405 g/mol. The van der Waals surface area contributed by atoms with E-state index in [4.69, 9.17) is 18.3 Å². The summed E-state index contributed by atoms with van der Waals surface area (Å²) < 4.78 is 24.6. The van der Waals surface area contributed by atoms with Crippen LogP contribution in [-0.2, 0) is 0 Å². The minimum Gasteiger partial charge on any atom is -0.459 e. The molecule has 4 nitrogen and oxygen atoms in total. The van der Waals surface area contributed by atoms with Crippen molar-refractivity contribution < 1.29 is 39.5 Å². The fourth-order valence-electron chi connectivity index (χ4n) is 1.50. The summed E-state index contributed by atoms with van der Waals surface area (Å²) in [5, 5.41) is 0. The van der Waals surface area contributed by atoms with E-state index in [1.165, 1.54) is 0 Å². The quantitative estimate of drug-likeness (QED) is 0.721. The van der Waals surface area contributed by atoms with Crippen molar-refractivity contribution in [1.29, 1.82) is 0 Å². The van der Waals surface area contributed by atoms with Crippen LogP contribution in [0, 0.1) is 7.53 Å². The van der Waals surface area contributed by atoms with Crippen LogP contribution in [0.1, 0.15) is 41.5 Å².